The highest BCUT2D eigenvalue weighted by molar-refractivity contribution is 7.18. The van der Waals surface area contributed by atoms with Crippen molar-refractivity contribution in [2.24, 2.45) is 0 Å². The van der Waals surface area contributed by atoms with Crippen LogP contribution in [0.3, 0.4) is 0 Å². The smallest absolute Gasteiger partial charge is 0.264 e. The molecule has 1 aliphatic heterocycles. The number of hydrogen-bond acceptors (Lipinski definition) is 6. The Hall–Kier alpha value is -2.87. The number of aromatic nitrogens is 2. The Labute approximate surface area is 159 Å². The van der Waals surface area contributed by atoms with Crippen LogP contribution in [0, 0.1) is 13.8 Å². The summed E-state index contributed by atoms with van der Waals surface area (Å²) in [5.74, 6) is 1.50. The number of nitrogens with zero attached hydrogens (tertiary/aromatic N) is 1. The van der Waals surface area contributed by atoms with E-state index >= 15 is 0 Å². The summed E-state index contributed by atoms with van der Waals surface area (Å²) in [6.07, 6.45) is -0.270. The molecule has 8 heteroatoms. The van der Waals surface area contributed by atoms with Crippen molar-refractivity contribution in [2.45, 2.75) is 26.4 Å². The van der Waals surface area contributed by atoms with Crippen LogP contribution in [-0.4, -0.2) is 35.1 Å². The zero-order valence-electron chi connectivity index (χ0n) is 15.0. The molecule has 1 amide bonds. The molecule has 3 aromatic rings. The number of H-pyrrole nitrogens is 1. The number of amides is 1. The lowest BCUT2D eigenvalue weighted by atomic mass is 10.2. The highest BCUT2D eigenvalue weighted by Crippen LogP contribution is 2.30. The van der Waals surface area contributed by atoms with Gasteiger partial charge in [-0.05, 0) is 31.5 Å². The fourth-order valence-electron chi connectivity index (χ4n) is 2.98. The Morgan fingerprint density at radius 3 is 2.93 bits per heavy atom. The molecule has 4 rings (SSSR count). The molecule has 0 saturated heterocycles. The van der Waals surface area contributed by atoms with Gasteiger partial charge in [-0.1, -0.05) is 12.1 Å². The zero-order valence-corrected chi connectivity index (χ0v) is 15.8. The topological polar surface area (TPSA) is 93.3 Å². The van der Waals surface area contributed by atoms with Gasteiger partial charge in [0.25, 0.3) is 11.5 Å². The Balaban J connectivity index is 1.38. The van der Waals surface area contributed by atoms with Gasteiger partial charge in [0.2, 0.25) is 6.10 Å². The quantitative estimate of drug-likeness (QED) is 0.717. The first-order valence-electron chi connectivity index (χ1n) is 8.68. The summed E-state index contributed by atoms with van der Waals surface area (Å²) in [5, 5.41) is 3.46. The maximum Gasteiger partial charge on any atom is 0.264 e. The first-order valence-corrected chi connectivity index (χ1v) is 9.49. The Morgan fingerprint density at radius 2 is 2.11 bits per heavy atom. The Bertz CT molecular complexity index is 1070. The molecule has 140 valence electrons. The number of hydrogen-bond donors (Lipinski definition) is 2. The van der Waals surface area contributed by atoms with Gasteiger partial charge in [-0.15, -0.1) is 11.3 Å². The molecular weight excluding hydrogens is 366 g/mol. The number of thiophene rings is 1. The fourth-order valence-corrected chi connectivity index (χ4v) is 4.03. The van der Waals surface area contributed by atoms with Crippen molar-refractivity contribution in [3.8, 4) is 11.5 Å². The number of carbonyl (C=O) groups is 1. The highest BCUT2D eigenvalue weighted by Gasteiger charge is 2.26. The van der Waals surface area contributed by atoms with Gasteiger partial charge < -0.3 is 19.8 Å². The number of ether oxygens (including phenoxy) is 2. The summed E-state index contributed by atoms with van der Waals surface area (Å²) in [5.41, 5.74) is 0.835. The second kappa shape index (κ2) is 7.03. The van der Waals surface area contributed by atoms with E-state index in [1.807, 2.05) is 26.0 Å². The molecule has 0 bridgehead atoms. The van der Waals surface area contributed by atoms with Gasteiger partial charge in [-0.2, -0.15) is 0 Å². The molecule has 0 spiro atoms. The van der Waals surface area contributed by atoms with Crippen molar-refractivity contribution in [3.05, 3.63) is 50.9 Å². The zero-order chi connectivity index (χ0) is 19.0. The van der Waals surface area contributed by atoms with Crippen molar-refractivity contribution in [2.75, 3.05) is 13.2 Å². The predicted octanol–water partition coefficient (Wildman–Crippen LogP) is 2.10. The monoisotopic (exact) mass is 385 g/mol. The molecule has 0 radical (unpaired) electrons. The molecule has 1 aromatic carbocycles. The molecule has 2 N–H and O–H groups in total. The van der Waals surface area contributed by atoms with Crippen molar-refractivity contribution in [3.63, 3.8) is 0 Å². The lowest BCUT2D eigenvalue weighted by molar-refractivity contribution is -0.130. The van der Waals surface area contributed by atoms with E-state index in [9.17, 15) is 9.59 Å². The van der Waals surface area contributed by atoms with E-state index in [2.05, 4.69) is 15.3 Å². The largest absolute Gasteiger partial charge is 0.485 e. The summed E-state index contributed by atoms with van der Waals surface area (Å²) in [6.45, 7) is 4.41. The third kappa shape index (κ3) is 3.40. The molecule has 3 heterocycles. The molecule has 0 fully saturated rings. The third-order valence-corrected chi connectivity index (χ3v) is 5.65. The summed E-state index contributed by atoms with van der Waals surface area (Å²) in [6, 6.07) is 7.25. The van der Waals surface area contributed by atoms with E-state index in [4.69, 9.17) is 9.47 Å². The standard InChI is InChI=1S/C19H19N3O4S/c1-10-11(2)27-19-16(10)18(24)21-15(22-19)7-8-20-17(23)14-9-25-12-5-3-4-6-13(12)26-14/h3-6,14H,7-9H2,1-2H3,(H,20,23)(H,21,22,24)/t14-/m0/s1. The van der Waals surface area contributed by atoms with Crippen LogP contribution in [0.1, 0.15) is 16.3 Å². The van der Waals surface area contributed by atoms with Crippen LogP contribution in [-0.2, 0) is 11.2 Å². The SMILES string of the molecule is Cc1sc2nc(CCNC(=O)[C@@H]3COc4ccccc4O3)[nH]c(=O)c2c1C. The van der Waals surface area contributed by atoms with Crippen molar-refractivity contribution in [1.29, 1.82) is 0 Å². The number of aryl methyl sites for hydroxylation is 2. The van der Waals surface area contributed by atoms with E-state index in [0.29, 0.717) is 35.7 Å². The van der Waals surface area contributed by atoms with E-state index in [0.717, 1.165) is 15.3 Å². The number of aromatic amines is 1. The summed E-state index contributed by atoms with van der Waals surface area (Å²) in [7, 11) is 0. The van der Waals surface area contributed by atoms with E-state index in [-0.39, 0.29) is 18.1 Å². The number of nitrogens with one attached hydrogen (secondary N) is 2. The predicted molar refractivity (Wildman–Crippen MR) is 103 cm³/mol. The first-order chi connectivity index (χ1) is 13.0. The number of carbonyl (C=O) groups excluding carboxylic acids is 1. The Kier molecular flexibility index (Phi) is 4.57. The minimum atomic E-state index is -0.697. The maximum atomic E-state index is 12.3. The average Bonchev–Trinajstić information content (AvgIpc) is 2.95. The van der Waals surface area contributed by atoms with Crippen LogP contribution in [0.25, 0.3) is 10.2 Å². The van der Waals surface area contributed by atoms with Gasteiger partial charge in [0, 0.05) is 17.8 Å². The molecular formula is C19H19N3O4S. The maximum absolute atomic E-state index is 12.3. The van der Waals surface area contributed by atoms with E-state index in [1.54, 1.807) is 12.1 Å². The van der Waals surface area contributed by atoms with E-state index in [1.165, 1.54) is 11.3 Å². The highest BCUT2D eigenvalue weighted by atomic mass is 32.1. The summed E-state index contributed by atoms with van der Waals surface area (Å²) < 4.78 is 11.2. The van der Waals surface area contributed by atoms with Crippen LogP contribution in [0.5, 0.6) is 11.5 Å². The number of fused-ring (bicyclic) bond motifs is 2. The molecule has 7 nitrogen and oxygen atoms in total. The van der Waals surface area contributed by atoms with Gasteiger partial charge in [0.1, 0.15) is 17.3 Å². The van der Waals surface area contributed by atoms with Crippen molar-refractivity contribution < 1.29 is 14.3 Å². The lowest BCUT2D eigenvalue weighted by Crippen LogP contribution is -2.44. The van der Waals surface area contributed by atoms with Gasteiger partial charge in [-0.3, -0.25) is 9.59 Å². The van der Waals surface area contributed by atoms with Crippen LogP contribution in [0.15, 0.2) is 29.1 Å². The average molecular weight is 385 g/mol. The molecule has 0 aliphatic carbocycles. The lowest BCUT2D eigenvalue weighted by Gasteiger charge is -2.25. The first kappa shape index (κ1) is 17.5. The Morgan fingerprint density at radius 1 is 1.33 bits per heavy atom. The number of para-hydroxylation sites is 2. The normalized spacial score (nSPS) is 15.7. The van der Waals surface area contributed by atoms with Crippen LogP contribution >= 0.6 is 11.3 Å². The van der Waals surface area contributed by atoms with Gasteiger partial charge in [0.15, 0.2) is 11.5 Å². The molecule has 0 saturated carbocycles. The van der Waals surface area contributed by atoms with E-state index < -0.39 is 6.10 Å². The second-order valence-electron chi connectivity index (χ2n) is 6.38. The molecule has 2 aromatic heterocycles. The minimum Gasteiger partial charge on any atom is -0.485 e. The summed E-state index contributed by atoms with van der Waals surface area (Å²) in [4.78, 5) is 33.7. The third-order valence-electron chi connectivity index (χ3n) is 4.55. The summed E-state index contributed by atoms with van der Waals surface area (Å²) >= 11 is 1.51. The minimum absolute atomic E-state index is 0.135. The molecule has 1 aliphatic rings. The van der Waals surface area contributed by atoms with Crippen molar-refractivity contribution >= 4 is 27.5 Å². The van der Waals surface area contributed by atoms with Gasteiger partial charge in [0.05, 0.1) is 5.39 Å². The van der Waals surface area contributed by atoms with Crippen LogP contribution in [0.4, 0.5) is 0 Å². The molecule has 1 atom stereocenters. The van der Waals surface area contributed by atoms with Crippen molar-refractivity contribution in [1.82, 2.24) is 15.3 Å². The molecule has 0 unspecified atom stereocenters. The fraction of sp³-hybridized carbons (Fsp3) is 0.316. The van der Waals surface area contributed by atoms with Crippen LogP contribution in [0.2, 0.25) is 0 Å². The van der Waals surface area contributed by atoms with Gasteiger partial charge in [-0.25, -0.2) is 4.98 Å². The second-order valence-corrected chi connectivity index (χ2v) is 7.58. The van der Waals surface area contributed by atoms with Gasteiger partial charge >= 0.3 is 0 Å². The number of rotatable bonds is 4. The van der Waals surface area contributed by atoms with Crippen LogP contribution < -0.4 is 20.3 Å². The molecule has 27 heavy (non-hydrogen) atoms. The number of benzene rings is 1.